The number of pyridine rings is 1. The number of anilines is 3. The molecular weight excluding hydrogens is 279 g/mol. The van der Waals surface area contributed by atoms with Crippen molar-refractivity contribution in [1.29, 1.82) is 0 Å². The number of nitrogens with one attached hydrogen (secondary N) is 1. The van der Waals surface area contributed by atoms with Crippen molar-refractivity contribution in [2.45, 2.75) is 13.8 Å². The molecule has 0 bridgehead atoms. The van der Waals surface area contributed by atoms with Gasteiger partial charge in [-0.05, 0) is 38.1 Å². The summed E-state index contributed by atoms with van der Waals surface area (Å²) in [7, 11) is 0. The summed E-state index contributed by atoms with van der Waals surface area (Å²) < 4.78 is 39.3. The molecule has 1 heterocycles. The molecule has 3 nitrogen and oxygen atoms in total. The average molecular weight is 295 g/mol. The lowest BCUT2D eigenvalue weighted by Crippen LogP contribution is -2.21. The molecule has 0 spiro atoms. The third kappa shape index (κ3) is 3.45. The maximum Gasteiger partial charge on any atom is 0.251 e. The van der Waals surface area contributed by atoms with Crippen LogP contribution in [0, 0.1) is 17.6 Å². The highest BCUT2D eigenvalue weighted by Gasteiger charge is 2.11. The first kappa shape index (κ1) is 15.2. The molecule has 112 valence electrons. The fraction of sp³-hybridized carbons (Fsp3) is 0.267. The number of benzene rings is 1. The van der Waals surface area contributed by atoms with Crippen LogP contribution in [0.2, 0.25) is 0 Å². The van der Waals surface area contributed by atoms with Crippen LogP contribution in [0.4, 0.5) is 30.4 Å². The van der Waals surface area contributed by atoms with Gasteiger partial charge in [-0.2, -0.15) is 9.37 Å². The average Bonchev–Trinajstić information content (AvgIpc) is 2.48. The number of rotatable bonds is 5. The van der Waals surface area contributed by atoms with Gasteiger partial charge in [0.15, 0.2) is 17.5 Å². The lowest BCUT2D eigenvalue weighted by Gasteiger charge is -2.21. The van der Waals surface area contributed by atoms with Crippen molar-refractivity contribution in [3.63, 3.8) is 0 Å². The van der Waals surface area contributed by atoms with Gasteiger partial charge in [0.05, 0.1) is 0 Å². The molecule has 0 aliphatic heterocycles. The van der Waals surface area contributed by atoms with Crippen LogP contribution < -0.4 is 10.2 Å². The largest absolute Gasteiger partial charge is 0.372 e. The van der Waals surface area contributed by atoms with Crippen LogP contribution in [-0.2, 0) is 0 Å². The van der Waals surface area contributed by atoms with Gasteiger partial charge in [-0.3, -0.25) is 0 Å². The number of hydrogen-bond donors (Lipinski definition) is 1. The second-order valence-electron chi connectivity index (χ2n) is 4.44. The molecular formula is C15H16F3N3. The van der Waals surface area contributed by atoms with E-state index in [0.717, 1.165) is 18.8 Å². The summed E-state index contributed by atoms with van der Waals surface area (Å²) in [6, 6.07) is 7.67. The van der Waals surface area contributed by atoms with Gasteiger partial charge >= 0.3 is 0 Å². The van der Waals surface area contributed by atoms with Crippen molar-refractivity contribution in [1.82, 2.24) is 4.98 Å². The van der Waals surface area contributed by atoms with E-state index < -0.39 is 17.6 Å². The zero-order chi connectivity index (χ0) is 15.4. The van der Waals surface area contributed by atoms with Crippen LogP contribution in [0.3, 0.4) is 0 Å². The van der Waals surface area contributed by atoms with Crippen LogP contribution in [0.1, 0.15) is 13.8 Å². The van der Waals surface area contributed by atoms with Gasteiger partial charge < -0.3 is 10.2 Å². The summed E-state index contributed by atoms with van der Waals surface area (Å²) >= 11 is 0. The fourth-order valence-electron chi connectivity index (χ4n) is 2.01. The van der Waals surface area contributed by atoms with Gasteiger partial charge in [-0.15, -0.1) is 0 Å². The molecule has 2 rings (SSSR count). The normalized spacial score (nSPS) is 10.5. The van der Waals surface area contributed by atoms with E-state index in [2.05, 4.69) is 29.0 Å². The Balaban J connectivity index is 2.19. The molecule has 0 atom stereocenters. The summed E-state index contributed by atoms with van der Waals surface area (Å²) in [5.74, 6) is -3.93. The first-order valence-electron chi connectivity index (χ1n) is 6.68. The molecule has 1 N–H and O–H groups in total. The van der Waals surface area contributed by atoms with Gasteiger partial charge in [0, 0.05) is 30.5 Å². The van der Waals surface area contributed by atoms with Gasteiger partial charge in [-0.25, -0.2) is 8.78 Å². The fourth-order valence-corrected chi connectivity index (χ4v) is 2.01. The highest BCUT2D eigenvalue weighted by atomic mass is 19.2. The number of halogens is 3. The van der Waals surface area contributed by atoms with Crippen LogP contribution in [0.5, 0.6) is 0 Å². The SMILES string of the molecule is CCN(CC)c1ccc(Nc2nc(F)c(F)cc2F)cc1. The van der Waals surface area contributed by atoms with Crippen LogP contribution in [0.15, 0.2) is 30.3 Å². The van der Waals surface area contributed by atoms with Crippen molar-refractivity contribution in [2.75, 3.05) is 23.3 Å². The van der Waals surface area contributed by atoms with Crippen molar-refractivity contribution < 1.29 is 13.2 Å². The Morgan fingerprint density at radius 3 is 2.19 bits per heavy atom. The van der Waals surface area contributed by atoms with E-state index >= 15 is 0 Å². The van der Waals surface area contributed by atoms with Crippen molar-refractivity contribution in [2.24, 2.45) is 0 Å². The minimum absolute atomic E-state index is 0.343. The maximum absolute atomic E-state index is 13.5. The summed E-state index contributed by atoms with van der Waals surface area (Å²) in [5.41, 5.74) is 1.58. The Morgan fingerprint density at radius 2 is 1.62 bits per heavy atom. The Kier molecular flexibility index (Phi) is 4.67. The van der Waals surface area contributed by atoms with Crippen molar-refractivity contribution >= 4 is 17.2 Å². The lowest BCUT2D eigenvalue weighted by atomic mass is 10.2. The zero-order valence-corrected chi connectivity index (χ0v) is 11.8. The summed E-state index contributed by atoms with van der Waals surface area (Å²) in [6.45, 7) is 5.86. The molecule has 0 fully saturated rings. The van der Waals surface area contributed by atoms with Crippen LogP contribution in [-0.4, -0.2) is 18.1 Å². The maximum atomic E-state index is 13.5. The molecule has 1 aromatic carbocycles. The third-order valence-corrected chi connectivity index (χ3v) is 3.15. The van der Waals surface area contributed by atoms with Crippen LogP contribution >= 0.6 is 0 Å². The summed E-state index contributed by atoms with van der Waals surface area (Å²) in [5, 5.41) is 2.63. The highest BCUT2D eigenvalue weighted by Crippen LogP contribution is 2.22. The van der Waals surface area contributed by atoms with E-state index in [1.165, 1.54) is 0 Å². The first-order valence-corrected chi connectivity index (χ1v) is 6.68. The van der Waals surface area contributed by atoms with Crippen molar-refractivity contribution in [3.8, 4) is 0 Å². The number of hydrogen-bond acceptors (Lipinski definition) is 3. The summed E-state index contributed by atoms with van der Waals surface area (Å²) in [4.78, 5) is 5.37. The minimum Gasteiger partial charge on any atom is -0.372 e. The Hall–Kier alpha value is -2.24. The smallest absolute Gasteiger partial charge is 0.251 e. The quantitative estimate of drug-likeness (QED) is 0.842. The molecule has 1 aromatic heterocycles. The molecule has 0 saturated carbocycles. The highest BCUT2D eigenvalue weighted by molar-refractivity contribution is 5.61. The predicted molar refractivity (Wildman–Crippen MR) is 77.4 cm³/mol. The predicted octanol–water partition coefficient (Wildman–Crippen LogP) is 4.09. The van der Waals surface area contributed by atoms with Gasteiger partial charge in [-0.1, -0.05) is 0 Å². The molecule has 0 saturated heterocycles. The Bertz CT molecular complexity index is 610. The second-order valence-corrected chi connectivity index (χ2v) is 4.44. The molecule has 21 heavy (non-hydrogen) atoms. The zero-order valence-electron chi connectivity index (χ0n) is 11.8. The number of nitrogens with zero attached hydrogens (tertiary/aromatic N) is 2. The standard InChI is InChI=1S/C15H16F3N3/c1-3-21(4-2)11-7-5-10(6-8-11)19-15-13(17)9-12(16)14(18)20-15/h5-9H,3-4H2,1-2H3,(H,19,20). The van der Waals surface area contributed by atoms with E-state index in [0.29, 0.717) is 11.8 Å². The van der Waals surface area contributed by atoms with E-state index in [1.807, 2.05) is 12.1 Å². The van der Waals surface area contributed by atoms with E-state index in [1.54, 1.807) is 12.1 Å². The molecule has 0 aliphatic rings. The first-order chi connectivity index (χ1) is 10.0. The lowest BCUT2D eigenvalue weighted by molar-refractivity contribution is 0.467. The Labute approximate surface area is 121 Å². The molecule has 6 heteroatoms. The second kappa shape index (κ2) is 6.47. The monoisotopic (exact) mass is 295 g/mol. The van der Waals surface area contributed by atoms with Crippen molar-refractivity contribution in [3.05, 3.63) is 47.9 Å². The third-order valence-electron chi connectivity index (χ3n) is 3.15. The topological polar surface area (TPSA) is 28.2 Å². The van der Waals surface area contributed by atoms with E-state index in [9.17, 15) is 13.2 Å². The van der Waals surface area contributed by atoms with E-state index in [-0.39, 0.29) is 5.82 Å². The minimum atomic E-state index is -1.33. The molecule has 0 aliphatic carbocycles. The summed E-state index contributed by atoms with van der Waals surface area (Å²) in [6.07, 6.45) is 0. The van der Waals surface area contributed by atoms with Gasteiger partial charge in [0.1, 0.15) is 0 Å². The van der Waals surface area contributed by atoms with E-state index in [4.69, 9.17) is 0 Å². The molecule has 0 unspecified atom stereocenters. The molecule has 0 radical (unpaired) electrons. The Morgan fingerprint density at radius 1 is 1.00 bits per heavy atom. The molecule has 2 aromatic rings. The van der Waals surface area contributed by atoms with Crippen LogP contribution in [0.25, 0.3) is 0 Å². The van der Waals surface area contributed by atoms with Gasteiger partial charge in [0.2, 0.25) is 0 Å². The van der Waals surface area contributed by atoms with Gasteiger partial charge in [0.25, 0.3) is 5.95 Å². The number of aromatic nitrogens is 1. The molecule has 0 amide bonds.